The average Bonchev–Trinajstić information content (AvgIpc) is 3.29. The fourth-order valence-electron chi connectivity index (χ4n) is 4.69. The molecule has 0 fully saturated rings. The van der Waals surface area contributed by atoms with E-state index in [4.69, 9.17) is 14.2 Å². The predicted molar refractivity (Wildman–Crippen MR) is 163 cm³/mol. The second kappa shape index (κ2) is 13.6. The first-order valence-corrected chi connectivity index (χ1v) is 15.2. The molecule has 0 aliphatic rings. The highest BCUT2D eigenvalue weighted by Gasteiger charge is 2.32. The van der Waals surface area contributed by atoms with Crippen molar-refractivity contribution in [1.82, 2.24) is 27.9 Å². The third-order valence-electron chi connectivity index (χ3n) is 6.93. The number of imidazole rings is 1. The number of likely N-dealkylation sites (N-methyl/N-ethyl adjacent to an activating group) is 2. The van der Waals surface area contributed by atoms with Crippen molar-refractivity contribution < 1.29 is 22.6 Å². The molecular formula is C28H42N6O7S. The van der Waals surface area contributed by atoms with Crippen molar-refractivity contribution in [2.45, 2.75) is 44.7 Å². The number of aryl methyl sites for hydroxylation is 2. The number of nitrogens with zero attached hydrogens (tertiary/aromatic N) is 6. The smallest absolute Gasteiger partial charge is 0.332 e. The van der Waals surface area contributed by atoms with Crippen LogP contribution in [0.4, 0.5) is 0 Å². The third-order valence-corrected chi connectivity index (χ3v) is 8.87. The fourth-order valence-corrected chi connectivity index (χ4v) is 6.16. The lowest BCUT2D eigenvalue weighted by Crippen LogP contribution is -2.40. The summed E-state index contributed by atoms with van der Waals surface area (Å²) in [6.45, 7) is 5.28. The summed E-state index contributed by atoms with van der Waals surface area (Å²) in [5.41, 5.74) is 0.0171. The highest BCUT2D eigenvalue weighted by atomic mass is 32.2. The molecule has 232 valence electrons. The number of fused-ring (bicyclic) bond motifs is 1. The van der Waals surface area contributed by atoms with Gasteiger partial charge in [0.15, 0.2) is 22.7 Å². The van der Waals surface area contributed by atoms with E-state index in [1.54, 1.807) is 29.8 Å². The average molecular weight is 607 g/mol. The van der Waals surface area contributed by atoms with E-state index in [0.29, 0.717) is 38.3 Å². The molecule has 13 nitrogen and oxygen atoms in total. The van der Waals surface area contributed by atoms with Gasteiger partial charge in [-0.3, -0.25) is 13.9 Å². The number of aromatic nitrogens is 4. The van der Waals surface area contributed by atoms with E-state index in [-0.39, 0.29) is 45.4 Å². The molecule has 14 heteroatoms. The van der Waals surface area contributed by atoms with E-state index in [0.717, 1.165) is 0 Å². The quantitative estimate of drug-likeness (QED) is 0.271. The van der Waals surface area contributed by atoms with Gasteiger partial charge >= 0.3 is 5.69 Å². The number of benzene rings is 1. The molecular weight excluding hydrogens is 564 g/mol. The predicted octanol–water partition coefficient (Wildman–Crippen LogP) is 2.10. The van der Waals surface area contributed by atoms with Crippen LogP contribution in [0, 0.1) is 0 Å². The maximum atomic E-state index is 13.9. The fraction of sp³-hybridized carbons (Fsp3) is 0.536. The Bertz CT molecular complexity index is 1690. The van der Waals surface area contributed by atoms with Gasteiger partial charge in [0.05, 0.1) is 21.3 Å². The topological polar surface area (TPSA) is 130 Å². The Labute approximate surface area is 246 Å². The summed E-state index contributed by atoms with van der Waals surface area (Å²) in [7, 11) is 7.06. The maximum absolute atomic E-state index is 13.9. The first-order valence-electron chi connectivity index (χ1n) is 13.7. The van der Waals surface area contributed by atoms with Crippen LogP contribution >= 0.6 is 0 Å². The molecule has 0 spiro atoms. The number of methoxy groups -OCH3 is 3. The van der Waals surface area contributed by atoms with Gasteiger partial charge in [-0.15, -0.1) is 0 Å². The Morgan fingerprint density at radius 2 is 1.52 bits per heavy atom. The molecule has 2 aromatic heterocycles. The molecule has 3 aromatic rings. The third kappa shape index (κ3) is 6.10. The Balaban J connectivity index is 2.31. The van der Waals surface area contributed by atoms with Crippen LogP contribution in [0.3, 0.4) is 0 Å². The first-order chi connectivity index (χ1) is 19.9. The van der Waals surface area contributed by atoms with E-state index >= 15 is 0 Å². The van der Waals surface area contributed by atoms with Crippen LogP contribution in [0.15, 0.2) is 20.6 Å². The molecule has 0 aliphatic heterocycles. The summed E-state index contributed by atoms with van der Waals surface area (Å²) < 4.78 is 50.0. The first kappa shape index (κ1) is 32.9. The molecule has 0 unspecified atom stereocenters. The number of ether oxygens (including phenoxy) is 3. The van der Waals surface area contributed by atoms with Crippen molar-refractivity contribution >= 4 is 33.3 Å². The molecule has 0 saturated heterocycles. The van der Waals surface area contributed by atoms with Crippen LogP contribution < -0.4 is 25.5 Å². The standard InChI is InChI=1S/C28H42N6O7S/c1-10-14-33-26-22(27(35)34(15-11-2)28(33)36)32(6)21(29-26)13-12-19-18-20(39-7)23(40-8)24(41-9)25(19)42(37,38)31(5)17-16-30(3)4/h12-13,18H,10-11,14-17H2,1-9H3/b13-12+. The van der Waals surface area contributed by atoms with Crippen LogP contribution in [0.1, 0.15) is 38.1 Å². The minimum atomic E-state index is -4.07. The normalized spacial score (nSPS) is 12.3. The molecule has 0 saturated carbocycles. The van der Waals surface area contributed by atoms with Gasteiger partial charge in [-0.2, -0.15) is 4.31 Å². The van der Waals surface area contributed by atoms with Crippen molar-refractivity contribution in [3.8, 4) is 17.2 Å². The van der Waals surface area contributed by atoms with Gasteiger partial charge in [0.25, 0.3) is 5.56 Å². The molecule has 0 bridgehead atoms. The van der Waals surface area contributed by atoms with Crippen molar-refractivity contribution in [3.05, 3.63) is 38.3 Å². The van der Waals surface area contributed by atoms with Crippen molar-refractivity contribution in [2.75, 3.05) is 55.6 Å². The molecule has 0 atom stereocenters. The van der Waals surface area contributed by atoms with Crippen molar-refractivity contribution in [2.24, 2.45) is 7.05 Å². The molecule has 1 aromatic carbocycles. The van der Waals surface area contributed by atoms with Gasteiger partial charge < -0.3 is 23.7 Å². The molecule has 42 heavy (non-hydrogen) atoms. The molecule has 0 amide bonds. The van der Waals surface area contributed by atoms with Gasteiger partial charge in [-0.25, -0.2) is 18.2 Å². The van der Waals surface area contributed by atoms with E-state index in [2.05, 4.69) is 4.98 Å². The maximum Gasteiger partial charge on any atom is 0.332 e. The summed E-state index contributed by atoms with van der Waals surface area (Å²) in [6, 6.07) is 1.55. The second-order valence-electron chi connectivity index (χ2n) is 10.1. The Hall–Kier alpha value is -3.62. The van der Waals surface area contributed by atoms with E-state index in [9.17, 15) is 18.0 Å². The number of hydrogen-bond acceptors (Lipinski definition) is 9. The van der Waals surface area contributed by atoms with Crippen LogP contribution in [-0.2, 0) is 30.2 Å². The summed E-state index contributed by atoms with van der Waals surface area (Å²) in [5.74, 6) is 0.767. The number of sulfonamides is 1. The minimum Gasteiger partial charge on any atom is -0.493 e. The van der Waals surface area contributed by atoms with Crippen molar-refractivity contribution in [1.29, 1.82) is 0 Å². The minimum absolute atomic E-state index is 0.00237. The van der Waals surface area contributed by atoms with Gasteiger partial charge in [-0.1, -0.05) is 13.8 Å². The van der Waals surface area contributed by atoms with E-state index in [1.807, 2.05) is 32.8 Å². The number of hydrogen-bond donors (Lipinski definition) is 0. The van der Waals surface area contributed by atoms with Gasteiger partial charge in [0.1, 0.15) is 10.7 Å². The van der Waals surface area contributed by atoms with Crippen LogP contribution in [0.2, 0.25) is 0 Å². The highest BCUT2D eigenvalue weighted by Crippen LogP contribution is 2.45. The van der Waals surface area contributed by atoms with E-state index in [1.165, 1.54) is 41.8 Å². The second-order valence-corrected chi connectivity index (χ2v) is 12.1. The van der Waals surface area contributed by atoms with Crippen LogP contribution in [0.5, 0.6) is 17.2 Å². The van der Waals surface area contributed by atoms with Crippen molar-refractivity contribution in [3.63, 3.8) is 0 Å². The Morgan fingerprint density at radius 3 is 2.07 bits per heavy atom. The lowest BCUT2D eigenvalue weighted by Gasteiger charge is -2.23. The van der Waals surface area contributed by atoms with Crippen LogP contribution in [0.25, 0.3) is 23.3 Å². The zero-order valence-electron chi connectivity index (χ0n) is 25.9. The summed E-state index contributed by atoms with van der Waals surface area (Å²) >= 11 is 0. The lowest BCUT2D eigenvalue weighted by molar-refractivity contribution is 0.316. The summed E-state index contributed by atoms with van der Waals surface area (Å²) in [5, 5.41) is 0. The molecule has 0 N–H and O–H groups in total. The lowest BCUT2D eigenvalue weighted by atomic mass is 10.1. The van der Waals surface area contributed by atoms with Gasteiger partial charge in [0, 0.05) is 45.8 Å². The SMILES string of the molecule is CCCn1c(=O)c2c(nc(/C=C/c3cc(OC)c(OC)c(OC)c3S(=O)(=O)N(C)CCN(C)C)n2C)n(CCC)c1=O. The Morgan fingerprint density at radius 1 is 0.905 bits per heavy atom. The largest absolute Gasteiger partial charge is 0.493 e. The monoisotopic (exact) mass is 606 g/mol. The van der Waals surface area contributed by atoms with Gasteiger partial charge in [-0.05, 0) is 45.2 Å². The molecule has 0 aliphatic carbocycles. The molecule has 3 rings (SSSR count). The Kier molecular flexibility index (Phi) is 10.6. The van der Waals surface area contributed by atoms with E-state index < -0.39 is 21.3 Å². The van der Waals surface area contributed by atoms with Crippen LogP contribution in [-0.4, -0.2) is 91.9 Å². The number of rotatable bonds is 14. The van der Waals surface area contributed by atoms with Gasteiger partial charge in [0.2, 0.25) is 15.8 Å². The summed E-state index contributed by atoms with van der Waals surface area (Å²) in [4.78, 5) is 32.9. The zero-order valence-corrected chi connectivity index (χ0v) is 26.7. The molecule has 0 radical (unpaired) electrons. The highest BCUT2D eigenvalue weighted by molar-refractivity contribution is 7.89. The summed E-state index contributed by atoms with van der Waals surface area (Å²) in [6.07, 6.45) is 4.48. The molecule has 2 heterocycles. The zero-order chi connectivity index (χ0) is 31.4.